The molecular formula is C13H17N5O3. The van der Waals surface area contributed by atoms with Gasteiger partial charge in [0.15, 0.2) is 0 Å². The second-order valence-electron chi connectivity index (χ2n) is 4.64. The SMILES string of the molecule is COC(=O)CCCN(C)C(=O)c1cnc2ncnn2c1C. The third-order valence-electron chi connectivity index (χ3n) is 3.23. The number of carbonyl (C=O) groups excluding carboxylic acids is 2. The van der Waals surface area contributed by atoms with Crippen molar-refractivity contribution in [2.24, 2.45) is 0 Å². The molecule has 2 heterocycles. The molecule has 21 heavy (non-hydrogen) atoms. The monoisotopic (exact) mass is 291 g/mol. The number of rotatable bonds is 5. The van der Waals surface area contributed by atoms with E-state index in [9.17, 15) is 9.59 Å². The molecule has 2 aromatic rings. The molecule has 0 aliphatic heterocycles. The van der Waals surface area contributed by atoms with Gasteiger partial charge in [0.05, 0.1) is 18.4 Å². The molecule has 0 radical (unpaired) electrons. The van der Waals surface area contributed by atoms with Gasteiger partial charge >= 0.3 is 5.97 Å². The molecule has 8 nitrogen and oxygen atoms in total. The van der Waals surface area contributed by atoms with E-state index in [-0.39, 0.29) is 18.3 Å². The lowest BCUT2D eigenvalue weighted by Crippen LogP contribution is -2.29. The summed E-state index contributed by atoms with van der Waals surface area (Å²) in [6.07, 6.45) is 3.72. The van der Waals surface area contributed by atoms with Crippen LogP contribution in [0.25, 0.3) is 5.78 Å². The quantitative estimate of drug-likeness (QED) is 0.743. The molecule has 0 aromatic carbocycles. The predicted octanol–water partition coefficient (Wildman–Crippen LogP) is 0.458. The van der Waals surface area contributed by atoms with E-state index in [2.05, 4.69) is 19.8 Å². The van der Waals surface area contributed by atoms with Crippen LogP contribution in [-0.4, -0.2) is 57.1 Å². The van der Waals surface area contributed by atoms with Gasteiger partial charge in [0.25, 0.3) is 11.7 Å². The first-order valence-corrected chi connectivity index (χ1v) is 6.52. The largest absolute Gasteiger partial charge is 0.469 e. The van der Waals surface area contributed by atoms with E-state index in [1.54, 1.807) is 18.9 Å². The maximum Gasteiger partial charge on any atom is 0.305 e. The van der Waals surface area contributed by atoms with E-state index in [1.807, 2.05) is 0 Å². The lowest BCUT2D eigenvalue weighted by atomic mass is 10.2. The van der Waals surface area contributed by atoms with Crippen molar-refractivity contribution >= 4 is 17.7 Å². The van der Waals surface area contributed by atoms with Crippen molar-refractivity contribution in [2.45, 2.75) is 19.8 Å². The van der Waals surface area contributed by atoms with Crippen LogP contribution in [0.15, 0.2) is 12.5 Å². The number of aryl methyl sites for hydroxylation is 1. The summed E-state index contributed by atoms with van der Waals surface area (Å²) in [6.45, 7) is 2.25. The summed E-state index contributed by atoms with van der Waals surface area (Å²) < 4.78 is 6.09. The van der Waals surface area contributed by atoms with Crippen LogP contribution in [0.2, 0.25) is 0 Å². The van der Waals surface area contributed by atoms with Gasteiger partial charge in [0, 0.05) is 26.2 Å². The molecule has 0 bridgehead atoms. The molecule has 0 N–H and O–H groups in total. The van der Waals surface area contributed by atoms with Crippen LogP contribution in [0.5, 0.6) is 0 Å². The summed E-state index contributed by atoms with van der Waals surface area (Å²) in [6, 6.07) is 0. The molecule has 2 aromatic heterocycles. The highest BCUT2D eigenvalue weighted by molar-refractivity contribution is 5.95. The fraction of sp³-hybridized carbons (Fsp3) is 0.462. The fourth-order valence-electron chi connectivity index (χ4n) is 1.97. The summed E-state index contributed by atoms with van der Waals surface area (Å²) in [5.41, 5.74) is 1.15. The van der Waals surface area contributed by atoms with Crippen LogP contribution in [-0.2, 0) is 9.53 Å². The fourth-order valence-corrected chi connectivity index (χ4v) is 1.97. The Balaban J connectivity index is 2.07. The Kier molecular flexibility index (Phi) is 4.46. The number of carbonyl (C=O) groups is 2. The Labute approximate surface area is 121 Å². The second-order valence-corrected chi connectivity index (χ2v) is 4.64. The molecule has 0 unspecified atom stereocenters. The number of fused-ring (bicyclic) bond motifs is 1. The first kappa shape index (κ1) is 14.9. The van der Waals surface area contributed by atoms with Gasteiger partial charge in [-0.2, -0.15) is 10.1 Å². The highest BCUT2D eigenvalue weighted by Gasteiger charge is 2.17. The van der Waals surface area contributed by atoms with Gasteiger partial charge in [-0.05, 0) is 13.3 Å². The normalized spacial score (nSPS) is 10.6. The van der Waals surface area contributed by atoms with E-state index < -0.39 is 0 Å². The number of hydrogen-bond acceptors (Lipinski definition) is 6. The van der Waals surface area contributed by atoms with Crippen molar-refractivity contribution in [1.82, 2.24) is 24.5 Å². The Bertz CT molecular complexity index is 667. The average molecular weight is 291 g/mol. The van der Waals surface area contributed by atoms with Gasteiger partial charge < -0.3 is 9.64 Å². The summed E-state index contributed by atoms with van der Waals surface area (Å²) in [4.78, 5) is 33.0. The van der Waals surface area contributed by atoms with Crippen molar-refractivity contribution < 1.29 is 14.3 Å². The third-order valence-corrected chi connectivity index (χ3v) is 3.23. The van der Waals surface area contributed by atoms with Crippen molar-refractivity contribution in [3.8, 4) is 0 Å². The number of amides is 1. The van der Waals surface area contributed by atoms with Gasteiger partial charge in [-0.25, -0.2) is 9.50 Å². The third kappa shape index (κ3) is 3.15. The topological polar surface area (TPSA) is 89.7 Å². The maximum absolute atomic E-state index is 12.4. The maximum atomic E-state index is 12.4. The first-order chi connectivity index (χ1) is 10.0. The van der Waals surface area contributed by atoms with Crippen LogP contribution in [0.3, 0.4) is 0 Å². The van der Waals surface area contributed by atoms with Crippen LogP contribution in [0.4, 0.5) is 0 Å². The molecule has 112 valence electrons. The standard InChI is InChI=1S/C13H17N5O3/c1-9-10(7-14-13-15-8-16-18(9)13)12(20)17(2)6-4-5-11(19)21-3/h7-8H,4-6H2,1-3H3. The zero-order valence-electron chi connectivity index (χ0n) is 12.2. The number of aromatic nitrogens is 4. The highest BCUT2D eigenvalue weighted by Crippen LogP contribution is 2.10. The molecule has 0 fully saturated rings. The number of esters is 1. The summed E-state index contributed by atoms with van der Waals surface area (Å²) in [7, 11) is 3.03. The van der Waals surface area contributed by atoms with Crippen LogP contribution < -0.4 is 0 Å². The molecule has 1 amide bonds. The Morgan fingerprint density at radius 2 is 2.14 bits per heavy atom. The van der Waals surface area contributed by atoms with Crippen molar-refractivity contribution in [3.63, 3.8) is 0 Å². The van der Waals surface area contributed by atoms with Crippen molar-refractivity contribution in [1.29, 1.82) is 0 Å². The molecule has 0 saturated carbocycles. The molecule has 0 atom stereocenters. The summed E-state index contributed by atoms with van der Waals surface area (Å²) >= 11 is 0. The van der Waals surface area contributed by atoms with E-state index in [0.29, 0.717) is 30.0 Å². The average Bonchev–Trinajstić information content (AvgIpc) is 2.96. The molecule has 0 saturated heterocycles. The number of nitrogens with zero attached hydrogens (tertiary/aromatic N) is 5. The van der Waals surface area contributed by atoms with Crippen LogP contribution in [0.1, 0.15) is 28.9 Å². The molecule has 2 rings (SSSR count). The predicted molar refractivity (Wildman–Crippen MR) is 73.7 cm³/mol. The van der Waals surface area contributed by atoms with Gasteiger partial charge in [-0.1, -0.05) is 0 Å². The lowest BCUT2D eigenvalue weighted by molar-refractivity contribution is -0.140. The second kappa shape index (κ2) is 6.29. The zero-order chi connectivity index (χ0) is 15.4. The summed E-state index contributed by atoms with van der Waals surface area (Å²) in [5, 5.41) is 4.03. The molecule has 0 aliphatic rings. The van der Waals surface area contributed by atoms with Gasteiger partial charge in [0.1, 0.15) is 6.33 Å². The van der Waals surface area contributed by atoms with Gasteiger partial charge in [-0.15, -0.1) is 0 Å². The minimum absolute atomic E-state index is 0.165. The van der Waals surface area contributed by atoms with E-state index in [0.717, 1.165) is 0 Å². The minimum Gasteiger partial charge on any atom is -0.469 e. The van der Waals surface area contributed by atoms with Gasteiger partial charge in [0.2, 0.25) is 0 Å². The van der Waals surface area contributed by atoms with E-state index in [1.165, 1.54) is 24.1 Å². The molecule has 0 aliphatic carbocycles. The lowest BCUT2D eigenvalue weighted by Gasteiger charge is -2.17. The smallest absolute Gasteiger partial charge is 0.305 e. The molecule has 0 spiro atoms. The highest BCUT2D eigenvalue weighted by atomic mass is 16.5. The minimum atomic E-state index is -0.280. The first-order valence-electron chi connectivity index (χ1n) is 6.52. The summed E-state index contributed by atoms with van der Waals surface area (Å²) in [5.74, 6) is 0.0115. The van der Waals surface area contributed by atoms with Crippen molar-refractivity contribution in [3.05, 3.63) is 23.8 Å². The van der Waals surface area contributed by atoms with E-state index in [4.69, 9.17) is 0 Å². The Morgan fingerprint density at radius 3 is 2.86 bits per heavy atom. The Hall–Kier alpha value is -2.51. The number of ether oxygens (including phenoxy) is 1. The van der Waals surface area contributed by atoms with Crippen LogP contribution >= 0.6 is 0 Å². The number of methoxy groups -OCH3 is 1. The number of hydrogen-bond donors (Lipinski definition) is 0. The van der Waals surface area contributed by atoms with Crippen LogP contribution in [0, 0.1) is 6.92 Å². The molecular weight excluding hydrogens is 274 g/mol. The van der Waals surface area contributed by atoms with E-state index >= 15 is 0 Å². The molecule has 8 heteroatoms. The van der Waals surface area contributed by atoms with Crippen molar-refractivity contribution in [2.75, 3.05) is 20.7 Å². The zero-order valence-corrected chi connectivity index (χ0v) is 12.2. The Morgan fingerprint density at radius 1 is 1.38 bits per heavy atom. The van der Waals surface area contributed by atoms with Gasteiger partial charge in [-0.3, -0.25) is 9.59 Å².